The second-order valence-electron chi connectivity index (χ2n) is 9.58. The molecular formula is C24H28. The van der Waals surface area contributed by atoms with Crippen LogP contribution >= 0.6 is 0 Å². The molecule has 0 aliphatic heterocycles. The van der Waals surface area contributed by atoms with E-state index in [9.17, 15) is 0 Å². The van der Waals surface area contributed by atoms with Gasteiger partial charge in [0.2, 0.25) is 0 Å². The van der Waals surface area contributed by atoms with Gasteiger partial charge in [-0.3, -0.25) is 0 Å². The molecule has 1 aromatic carbocycles. The smallest absolute Gasteiger partial charge is 0.0199 e. The molecule has 0 heteroatoms. The van der Waals surface area contributed by atoms with E-state index in [-0.39, 0.29) is 10.8 Å². The molecule has 1 aromatic rings. The summed E-state index contributed by atoms with van der Waals surface area (Å²) in [5, 5.41) is 0. The summed E-state index contributed by atoms with van der Waals surface area (Å²) in [4.78, 5) is 0. The summed E-state index contributed by atoms with van der Waals surface area (Å²) in [6, 6.07) is 4.82. The highest BCUT2D eigenvalue weighted by molar-refractivity contribution is 5.76. The van der Waals surface area contributed by atoms with Crippen molar-refractivity contribution in [3.8, 4) is 0 Å². The van der Waals surface area contributed by atoms with Crippen LogP contribution in [-0.2, 0) is 5.41 Å². The highest BCUT2D eigenvalue weighted by atomic mass is 14.4. The number of benzene rings is 1. The summed E-state index contributed by atoms with van der Waals surface area (Å²) < 4.78 is 0. The van der Waals surface area contributed by atoms with Gasteiger partial charge in [0.25, 0.3) is 0 Å². The molecule has 2 atom stereocenters. The highest BCUT2D eigenvalue weighted by Crippen LogP contribution is 2.50. The molecule has 4 rings (SSSR count). The summed E-state index contributed by atoms with van der Waals surface area (Å²) in [6.07, 6.45) is 14.4. The van der Waals surface area contributed by atoms with Crippen LogP contribution in [0, 0.1) is 11.3 Å². The van der Waals surface area contributed by atoms with Gasteiger partial charge in [0.1, 0.15) is 0 Å². The molecule has 0 bridgehead atoms. The van der Waals surface area contributed by atoms with Crippen molar-refractivity contribution in [3.05, 3.63) is 69.8 Å². The molecule has 2 unspecified atom stereocenters. The molecule has 0 saturated heterocycles. The van der Waals surface area contributed by atoms with Gasteiger partial charge in [-0.15, -0.1) is 0 Å². The highest BCUT2D eigenvalue weighted by Gasteiger charge is 2.36. The van der Waals surface area contributed by atoms with Crippen LogP contribution in [0.25, 0.3) is 12.2 Å². The van der Waals surface area contributed by atoms with E-state index in [1.165, 1.54) is 33.4 Å². The van der Waals surface area contributed by atoms with Gasteiger partial charge in [-0.25, -0.2) is 0 Å². The SMILES string of the molecule is CC(C)(C)C1=CC2C=Cc3cc(C(C)(C)C)cc4c3C2C(=C1)C=C4. The Balaban J connectivity index is 1.89. The summed E-state index contributed by atoms with van der Waals surface area (Å²) in [7, 11) is 0. The first kappa shape index (κ1) is 15.7. The summed E-state index contributed by atoms with van der Waals surface area (Å²) in [5.41, 5.74) is 9.14. The van der Waals surface area contributed by atoms with Gasteiger partial charge in [-0.05, 0) is 44.2 Å². The third-order valence-corrected chi connectivity index (χ3v) is 5.68. The van der Waals surface area contributed by atoms with E-state index in [2.05, 4.69) is 90.1 Å². The van der Waals surface area contributed by atoms with E-state index in [0.29, 0.717) is 11.8 Å². The number of hydrogen-bond acceptors (Lipinski definition) is 0. The molecule has 0 radical (unpaired) electrons. The van der Waals surface area contributed by atoms with Crippen molar-refractivity contribution in [3.63, 3.8) is 0 Å². The molecule has 0 saturated carbocycles. The second kappa shape index (κ2) is 4.85. The Morgan fingerprint density at radius 3 is 2.08 bits per heavy atom. The van der Waals surface area contributed by atoms with Crippen molar-refractivity contribution in [2.24, 2.45) is 11.3 Å². The van der Waals surface area contributed by atoms with Crippen LogP contribution in [0.1, 0.15) is 69.7 Å². The first-order chi connectivity index (χ1) is 11.1. The summed E-state index contributed by atoms with van der Waals surface area (Å²) in [6.45, 7) is 13.8. The van der Waals surface area contributed by atoms with Crippen LogP contribution in [-0.4, -0.2) is 0 Å². The Morgan fingerprint density at radius 1 is 0.792 bits per heavy atom. The van der Waals surface area contributed by atoms with Gasteiger partial charge < -0.3 is 0 Å². The van der Waals surface area contributed by atoms with Gasteiger partial charge >= 0.3 is 0 Å². The lowest BCUT2D eigenvalue weighted by molar-refractivity contribution is 0.499. The van der Waals surface area contributed by atoms with Gasteiger partial charge in [-0.2, -0.15) is 0 Å². The fraction of sp³-hybridized carbons (Fsp3) is 0.417. The van der Waals surface area contributed by atoms with E-state index >= 15 is 0 Å². The molecule has 24 heavy (non-hydrogen) atoms. The van der Waals surface area contributed by atoms with Crippen molar-refractivity contribution in [1.29, 1.82) is 0 Å². The fourth-order valence-corrected chi connectivity index (χ4v) is 4.15. The van der Waals surface area contributed by atoms with Crippen molar-refractivity contribution in [1.82, 2.24) is 0 Å². The molecule has 0 nitrogen and oxygen atoms in total. The maximum Gasteiger partial charge on any atom is 0.0199 e. The third kappa shape index (κ3) is 2.35. The predicted octanol–water partition coefficient (Wildman–Crippen LogP) is 6.65. The molecule has 0 fully saturated rings. The molecule has 0 amide bonds. The minimum Gasteiger partial charge on any atom is -0.0760 e. The Bertz CT molecular complexity index is 826. The van der Waals surface area contributed by atoms with Crippen LogP contribution in [0.2, 0.25) is 0 Å². The first-order valence-corrected chi connectivity index (χ1v) is 9.13. The predicted molar refractivity (Wildman–Crippen MR) is 105 cm³/mol. The van der Waals surface area contributed by atoms with E-state index in [0.717, 1.165) is 0 Å². The van der Waals surface area contributed by atoms with E-state index in [1.807, 2.05) is 0 Å². The Labute approximate surface area is 146 Å². The lowest BCUT2D eigenvalue weighted by atomic mass is 9.65. The third-order valence-electron chi connectivity index (χ3n) is 5.68. The maximum atomic E-state index is 2.49. The zero-order valence-electron chi connectivity index (χ0n) is 15.8. The average molecular weight is 316 g/mol. The van der Waals surface area contributed by atoms with Gasteiger partial charge in [-0.1, -0.05) is 90.1 Å². The largest absolute Gasteiger partial charge is 0.0760 e. The minimum absolute atomic E-state index is 0.187. The summed E-state index contributed by atoms with van der Waals surface area (Å²) in [5.74, 6) is 1.00. The van der Waals surface area contributed by atoms with Crippen LogP contribution in [0.5, 0.6) is 0 Å². The lowest BCUT2D eigenvalue weighted by Crippen LogP contribution is -2.25. The monoisotopic (exact) mass is 316 g/mol. The maximum absolute atomic E-state index is 2.49. The molecular weight excluding hydrogens is 288 g/mol. The van der Waals surface area contributed by atoms with E-state index in [1.54, 1.807) is 0 Å². The topological polar surface area (TPSA) is 0 Å². The van der Waals surface area contributed by atoms with Crippen molar-refractivity contribution >= 4 is 12.2 Å². The van der Waals surface area contributed by atoms with Crippen LogP contribution < -0.4 is 0 Å². The van der Waals surface area contributed by atoms with E-state index in [4.69, 9.17) is 0 Å². The second-order valence-corrected chi connectivity index (χ2v) is 9.58. The molecule has 3 aliphatic carbocycles. The van der Waals surface area contributed by atoms with Crippen LogP contribution in [0.4, 0.5) is 0 Å². The summed E-state index contributed by atoms with van der Waals surface area (Å²) >= 11 is 0. The standard InChI is InChI=1S/C24H28/c1-23(2,3)19-11-15-7-9-17-13-20(24(4,5)6)14-18-10-8-16(12-19)21(15)22(17)18/h7-15,21H,1-6H3. The first-order valence-electron chi connectivity index (χ1n) is 9.13. The zero-order chi connectivity index (χ0) is 17.3. The van der Waals surface area contributed by atoms with Crippen LogP contribution in [0.3, 0.4) is 0 Å². The van der Waals surface area contributed by atoms with Gasteiger partial charge in [0, 0.05) is 11.8 Å². The Morgan fingerprint density at radius 2 is 1.46 bits per heavy atom. The average Bonchev–Trinajstić information content (AvgIpc) is 2.50. The normalized spacial score (nSPS) is 24.4. The van der Waals surface area contributed by atoms with Crippen molar-refractivity contribution < 1.29 is 0 Å². The Kier molecular flexibility index (Phi) is 3.17. The van der Waals surface area contributed by atoms with Crippen molar-refractivity contribution in [2.45, 2.75) is 52.9 Å². The molecule has 0 spiro atoms. The lowest BCUT2D eigenvalue weighted by Gasteiger charge is -2.39. The number of allylic oxidation sites excluding steroid dienone is 6. The molecule has 0 aromatic heterocycles. The quantitative estimate of drug-likeness (QED) is 0.502. The van der Waals surface area contributed by atoms with Crippen LogP contribution in [0.15, 0.2) is 47.6 Å². The minimum atomic E-state index is 0.187. The van der Waals surface area contributed by atoms with E-state index < -0.39 is 0 Å². The van der Waals surface area contributed by atoms with Crippen molar-refractivity contribution in [2.75, 3.05) is 0 Å². The molecule has 3 aliphatic rings. The molecule has 124 valence electrons. The zero-order valence-corrected chi connectivity index (χ0v) is 15.8. The molecule has 0 N–H and O–H groups in total. The van der Waals surface area contributed by atoms with Gasteiger partial charge in [0.15, 0.2) is 0 Å². The Hall–Kier alpha value is -1.82. The number of hydrogen-bond donors (Lipinski definition) is 0. The fourth-order valence-electron chi connectivity index (χ4n) is 4.15. The molecule has 0 heterocycles. The van der Waals surface area contributed by atoms with Gasteiger partial charge in [0.05, 0.1) is 0 Å². The number of rotatable bonds is 0.